The van der Waals surface area contributed by atoms with Crippen molar-refractivity contribution in [2.75, 3.05) is 18.9 Å². The van der Waals surface area contributed by atoms with Gasteiger partial charge in [-0.25, -0.2) is 9.97 Å². The molecule has 6 heteroatoms. The molecule has 0 fully saturated rings. The predicted octanol–water partition coefficient (Wildman–Crippen LogP) is 2.67. The highest BCUT2D eigenvalue weighted by atomic mass is 16.5. The van der Waals surface area contributed by atoms with Gasteiger partial charge in [0.25, 0.3) is 0 Å². The smallest absolute Gasteiger partial charge is 0.151 e. The SMILES string of the molecule is Cc1cc2c(nc(C)n2CCOCCCc2cccnc2)c(N)n1. The summed E-state index contributed by atoms with van der Waals surface area (Å²) in [6, 6.07) is 6.08. The van der Waals surface area contributed by atoms with Crippen molar-refractivity contribution in [3.63, 3.8) is 0 Å². The third kappa shape index (κ3) is 3.71. The molecule has 0 aromatic carbocycles. The molecule has 6 nitrogen and oxygen atoms in total. The maximum absolute atomic E-state index is 5.97. The number of fused-ring (bicyclic) bond motifs is 1. The lowest BCUT2D eigenvalue weighted by atomic mass is 10.2. The summed E-state index contributed by atoms with van der Waals surface area (Å²) in [6.07, 6.45) is 5.68. The molecule has 0 unspecified atom stereocenters. The molecule has 3 aromatic rings. The van der Waals surface area contributed by atoms with Gasteiger partial charge >= 0.3 is 0 Å². The van der Waals surface area contributed by atoms with Crippen LogP contribution in [-0.2, 0) is 17.7 Å². The number of aromatic nitrogens is 4. The lowest BCUT2D eigenvalue weighted by Gasteiger charge is -2.08. The number of aryl methyl sites for hydroxylation is 3. The summed E-state index contributed by atoms with van der Waals surface area (Å²) < 4.78 is 7.92. The van der Waals surface area contributed by atoms with Gasteiger partial charge in [0.15, 0.2) is 5.82 Å². The molecular weight excluding hydrogens is 302 g/mol. The molecule has 0 aliphatic carbocycles. The zero-order valence-corrected chi connectivity index (χ0v) is 14.2. The van der Waals surface area contributed by atoms with Crippen LogP contribution in [0.3, 0.4) is 0 Å². The number of nitrogens with zero attached hydrogens (tertiary/aromatic N) is 4. The highest BCUT2D eigenvalue weighted by Gasteiger charge is 2.11. The first-order valence-electron chi connectivity index (χ1n) is 8.22. The van der Waals surface area contributed by atoms with E-state index in [4.69, 9.17) is 10.5 Å². The van der Waals surface area contributed by atoms with E-state index >= 15 is 0 Å². The minimum atomic E-state index is 0.490. The fourth-order valence-corrected chi connectivity index (χ4v) is 2.85. The maximum atomic E-state index is 5.97. The quantitative estimate of drug-likeness (QED) is 0.676. The number of imidazole rings is 1. The molecule has 0 amide bonds. The standard InChI is InChI=1S/C18H23N5O/c1-13-11-16-17(18(19)21-13)22-14(2)23(16)8-10-24-9-4-6-15-5-3-7-20-12-15/h3,5,7,11-12H,4,6,8-10H2,1-2H3,(H2,19,21). The molecule has 3 aromatic heterocycles. The van der Waals surface area contributed by atoms with Gasteiger partial charge in [0.1, 0.15) is 11.3 Å². The largest absolute Gasteiger partial charge is 0.382 e. The highest BCUT2D eigenvalue weighted by Crippen LogP contribution is 2.21. The first-order chi connectivity index (χ1) is 11.6. The number of nitrogens with two attached hydrogens (primary N) is 1. The molecule has 0 radical (unpaired) electrons. The second-order valence-electron chi connectivity index (χ2n) is 5.90. The normalized spacial score (nSPS) is 11.2. The van der Waals surface area contributed by atoms with Crippen LogP contribution >= 0.6 is 0 Å². The predicted molar refractivity (Wildman–Crippen MR) is 94.8 cm³/mol. The number of hydrogen-bond donors (Lipinski definition) is 1. The Hall–Kier alpha value is -2.47. The van der Waals surface area contributed by atoms with Crippen molar-refractivity contribution in [2.45, 2.75) is 33.2 Å². The van der Waals surface area contributed by atoms with Gasteiger partial charge in [0.2, 0.25) is 0 Å². The van der Waals surface area contributed by atoms with E-state index in [9.17, 15) is 0 Å². The van der Waals surface area contributed by atoms with Crippen LogP contribution in [0.4, 0.5) is 5.82 Å². The van der Waals surface area contributed by atoms with E-state index in [1.807, 2.05) is 32.2 Å². The Morgan fingerprint density at radius 2 is 2.08 bits per heavy atom. The van der Waals surface area contributed by atoms with Crippen molar-refractivity contribution in [3.05, 3.63) is 47.7 Å². The summed E-state index contributed by atoms with van der Waals surface area (Å²) in [5.41, 5.74) is 9.91. The summed E-state index contributed by atoms with van der Waals surface area (Å²) in [5, 5.41) is 0. The number of anilines is 1. The van der Waals surface area contributed by atoms with Gasteiger partial charge in [-0.3, -0.25) is 4.98 Å². The molecule has 3 rings (SSSR count). The van der Waals surface area contributed by atoms with Crippen molar-refractivity contribution in [3.8, 4) is 0 Å². The van der Waals surface area contributed by atoms with Crippen LogP contribution in [0.15, 0.2) is 30.6 Å². The lowest BCUT2D eigenvalue weighted by Crippen LogP contribution is -2.09. The first-order valence-corrected chi connectivity index (χ1v) is 8.22. The molecule has 0 bridgehead atoms. The Labute approximate surface area is 141 Å². The lowest BCUT2D eigenvalue weighted by molar-refractivity contribution is 0.124. The van der Waals surface area contributed by atoms with E-state index in [2.05, 4.69) is 25.6 Å². The Morgan fingerprint density at radius 1 is 1.21 bits per heavy atom. The minimum absolute atomic E-state index is 0.490. The average Bonchev–Trinajstić information content (AvgIpc) is 2.88. The van der Waals surface area contributed by atoms with Crippen molar-refractivity contribution in [2.24, 2.45) is 0 Å². The van der Waals surface area contributed by atoms with E-state index in [-0.39, 0.29) is 0 Å². The van der Waals surface area contributed by atoms with Gasteiger partial charge in [-0.1, -0.05) is 6.07 Å². The number of rotatable bonds is 7. The van der Waals surface area contributed by atoms with Gasteiger partial charge in [-0.2, -0.15) is 0 Å². The number of pyridine rings is 2. The van der Waals surface area contributed by atoms with Crippen molar-refractivity contribution in [1.29, 1.82) is 0 Å². The van der Waals surface area contributed by atoms with Gasteiger partial charge < -0.3 is 15.0 Å². The molecule has 126 valence electrons. The summed E-state index contributed by atoms with van der Waals surface area (Å²) in [5.74, 6) is 1.42. The summed E-state index contributed by atoms with van der Waals surface area (Å²) in [6.45, 7) is 6.08. The molecule has 0 atom stereocenters. The van der Waals surface area contributed by atoms with Crippen LogP contribution in [0.2, 0.25) is 0 Å². The third-order valence-electron chi connectivity index (χ3n) is 4.02. The molecule has 3 heterocycles. The number of hydrogen-bond acceptors (Lipinski definition) is 5. The van der Waals surface area contributed by atoms with E-state index in [1.54, 1.807) is 6.20 Å². The minimum Gasteiger partial charge on any atom is -0.382 e. The Morgan fingerprint density at radius 3 is 2.88 bits per heavy atom. The average molecular weight is 325 g/mol. The van der Waals surface area contributed by atoms with E-state index in [0.717, 1.165) is 48.5 Å². The molecule has 0 aliphatic heterocycles. The van der Waals surface area contributed by atoms with Crippen LogP contribution in [0.5, 0.6) is 0 Å². The second-order valence-corrected chi connectivity index (χ2v) is 5.90. The van der Waals surface area contributed by atoms with Gasteiger partial charge in [-0.15, -0.1) is 0 Å². The maximum Gasteiger partial charge on any atom is 0.151 e. The number of nitrogen functional groups attached to an aromatic ring is 1. The highest BCUT2D eigenvalue weighted by molar-refractivity contribution is 5.85. The third-order valence-corrected chi connectivity index (χ3v) is 4.02. The van der Waals surface area contributed by atoms with E-state index in [1.165, 1.54) is 5.56 Å². The summed E-state index contributed by atoms with van der Waals surface area (Å²) in [4.78, 5) is 12.9. The van der Waals surface area contributed by atoms with E-state index in [0.29, 0.717) is 12.4 Å². The monoisotopic (exact) mass is 325 g/mol. The van der Waals surface area contributed by atoms with Crippen molar-refractivity contribution < 1.29 is 4.74 Å². The molecule has 2 N–H and O–H groups in total. The van der Waals surface area contributed by atoms with Crippen LogP contribution in [0.1, 0.15) is 23.5 Å². The van der Waals surface area contributed by atoms with E-state index < -0.39 is 0 Å². The molecule has 0 spiro atoms. The van der Waals surface area contributed by atoms with Crippen molar-refractivity contribution >= 4 is 16.9 Å². The van der Waals surface area contributed by atoms with Gasteiger partial charge in [0, 0.05) is 31.2 Å². The molecule has 0 saturated carbocycles. The molecule has 24 heavy (non-hydrogen) atoms. The van der Waals surface area contributed by atoms with Crippen LogP contribution in [-0.4, -0.2) is 32.7 Å². The van der Waals surface area contributed by atoms with Gasteiger partial charge in [0.05, 0.1) is 12.1 Å². The van der Waals surface area contributed by atoms with Crippen LogP contribution in [0, 0.1) is 13.8 Å². The Bertz CT molecular complexity index is 813. The van der Waals surface area contributed by atoms with Crippen LogP contribution in [0.25, 0.3) is 11.0 Å². The zero-order chi connectivity index (χ0) is 16.9. The fourth-order valence-electron chi connectivity index (χ4n) is 2.85. The topological polar surface area (TPSA) is 78.8 Å². The van der Waals surface area contributed by atoms with Crippen molar-refractivity contribution in [1.82, 2.24) is 19.5 Å². The Kier molecular flexibility index (Phi) is 5.05. The van der Waals surface area contributed by atoms with Gasteiger partial charge in [-0.05, 0) is 44.4 Å². The fraction of sp³-hybridized carbons (Fsp3) is 0.389. The summed E-state index contributed by atoms with van der Waals surface area (Å²) in [7, 11) is 0. The first kappa shape index (κ1) is 16.4. The zero-order valence-electron chi connectivity index (χ0n) is 14.2. The molecule has 0 aliphatic rings. The summed E-state index contributed by atoms with van der Waals surface area (Å²) >= 11 is 0. The van der Waals surface area contributed by atoms with Crippen LogP contribution < -0.4 is 5.73 Å². The molecule has 0 saturated heterocycles. The molecular formula is C18H23N5O. The Balaban J connectivity index is 1.52. The number of ether oxygens (including phenoxy) is 1. The second kappa shape index (κ2) is 7.40.